The highest BCUT2D eigenvalue weighted by molar-refractivity contribution is 7.77. The van der Waals surface area contributed by atoms with E-state index in [4.69, 9.17) is 12.8 Å². The van der Waals surface area contributed by atoms with Crippen LogP contribution in [0, 0.1) is 0 Å². The first kappa shape index (κ1) is 14.3. The summed E-state index contributed by atoms with van der Waals surface area (Å²) in [7, 11) is 0. The minimum Gasteiger partial charge on any atom is -0.240 e. The smallest absolute Gasteiger partial charge is 0.00976 e. The van der Waals surface area contributed by atoms with Gasteiger partial charge in [0.2, 0.25) is 0 Å². The molecule has 0 saturated heterocycles. The van der Waals surface area contributed by atoms with Crippen molar-refractivity contribution in [3.05, 3.63) is 0 Å². The maximum atomic E-state index is 5.27. The van der Waals surface area contributed by atoms with Crippen LogP contribution in [0.25, 0.3) is 0 Å². The molecule has 0 N–H and O–H groups in total. The Hall–Kier alpha value is 0.310. The summed E-state index contributed by atoms with van der Waals surface area (Å²) < 4.78 is 2.07. The second-order valence-corrected chi connectivity index (χ2v) is 4.57. The van der Waals surface area contributed by atoms with Gasteiger partial charge in [-0.2, -0.15) is 0 Å². The largest absolute Gasteiger partial charge is 0.240 e. The zero-order chi connectivity index (χ0) is 10.6. The summed E-state index contributed by atoms with van der Waals surface area (Å²) >= 11 is 5.27. The lowest BCUT2D eigenvalue weighted by Crippen LogP contribution is -2.15. The van der Waals surface area contributed by atoms with E-state index >= 15 is 0 Å². The van der Waals surface area contributed by atoms with Crippen molar-refractivity contribution in [1.82, 2.24) is 4.31 Å². The molecule has 0 aromatic carbocycles. The molecule has 0 fully saturated rings. The van der Waals surface area contributed by atoms with Crippen molar-refractivity contribution >= 4 is 12.8 Å². The molecule has 2 heteroatoms. The van der Waals surface area contributed by atoms with Crippen LogP contribution in [0.4, 0.5) is 0 Å². The van der Waals surface area contributed by atoms with Gasteiger partial charge >= 0.3 is 0 Å². The van der Waals surface area contributed by atoms with Crippen LogP contribution < -0.4 is 0 Å². The molecule has 0 spiro atoms. The van der Waals surface area contributed by atoms with Crippen LogP contribution in [-0.2, 0) is 0 Å². The second-order valence-electron chi connectivity index (χ2n) is 4.05. The molecule has 0 aliphatic rings. The van der Waals surface area contributed by atoms with Gasteiger partial charge in [-0.25, -0.2) is 4.31 Å². The van der Waals surface area contributed by atoms with Crippen LogP contribution in [0.3, 0.4) is 0 Å². The summed E-state index contributed by atoms with van der Waals surface area (Å²) in [4.78, 5) is 0. The van der Waals surface area contributed by atoms with Crippen LogP contribution in [-0.4, -0.2) is 17.4 Å². The van der Waals surface area contributed by atoms with Gasteiger partial charge < -0.3 is 0 Å². The van der Waals surface area contributed by atoms with Crippen LogP contribution in [0.1, 0.15) is 65.2 Å². The van der Waals surface area contributed by atoms with E-state index in [1.54, 1.807) is 0 Å². The van der Waals surface area contributed by atoms with Gasteiger partial charge in [-0.15, -0.1) is 0 Å². The van der Waals surface area contributed by atoms with Gasteiger partial charge in [0, 0.05) is 25.9 Å². The number of hydrogen-bond acceptors (Lipinski definition) is 1. The highest BCUT2D eigenvalue weighted by Crippen LogP contribution is 2.06. The summed E-state index contributed by atoms with van der Waals surface area (Å²) in [6.07, 6.45) is 10.6. The fourth-order valence-electron chi connectivity index (χ4n) is 1.54. The van der Waals surface area contributed by atoms with Gasteiger partial charge in [-0.05, 0) is 12.8 Å². The molecule has 0 saturated carbocycles. The Balaban J connectivity index is 3.07. The van der Waals surface area contributed by atoms with E-state index < -0.39 is 0 Å². The lowest BCUT2D eigenvalue weighted by molar-refractivity contribution is 0.433. The third kappa shape index (κ3) is 10.4. The Morgan fingerprint density at radius 1 is 0.714 bits per heavy atom. The Morgan fingerprint density at radius 3 is 1.50 bits per heavy atom. The van der Waals surface area contributed by atoms with Gasteiger partial charge in [0.15, 0.2) is 0 Å². The highest BCUT2D eigenvalue weighted by atomic mass is 32.1. The van der Waals surface area contributed by atoms with E-state index in [1.807, 2.05) is 0 Å². The molecule has 0 rings (SSSR count). The van der Waals surface area contributed by atoms with Crippen molar-refractivity contribution in [3.8, 4) is 0 Å². The number of unbranched alkanes of at least 4 members (excludes halogenated alkanes) is 6. The van der Waals surface area contributed by atoms with Crippen molar-refractivity contribution < 1.29 is 0 Å². The first-order valence-corrected chi connectivity index (χ1v) is 6.59. The third-order valence-electron chi connectivity index (χ3n) is 2.52. The first-order chi connectivity index (χ1) is 6.81. The lowest BCUT2D eigenvalue weighted by Gasteiger charge is -2.13. The quantitative estimate of drug-likeness (QED) is 0.484. The minimum absolute atomic E-state index is 1.11. The molecule has 0 aliphatic carbocycles. The summed E-state index contributed by atoms with van der Waals surface area (Å²) in [6, 6.07) is 0. The Bertz CT molecular complexity index is 94.5. The third-order valence-corrected chi connectivity index (χ3v) is 2.89. The van der Waals surface area contributed by atoms with E-state index in [-0.39, 0.29) is 0 Å². The van der Waals surface area contributed by atoms with Crippen molar-refractivity contribution in [2.45, 2.75) is 65.2 Å². The van der Waals surface area contributed by atoms with Crippen LogP contribution in [0.15, 0.2) is 0 Å². The zero-order valence-corrected chi connectivity index (χ0v) is 10.7. The molecule has 0 bridgehead atoms. The summed E-state index contributed by atoms with van der Waals surface area (Å²) in [5, 5.41) is 0. The van der Waals surface area contributed by atoms with E-state index in [0.717, 1.165) is 13.1 Å². The fraction of sp³-hybridized carbons (Fsp3) is 1.00. The lowest BCUT2D eigenvalue weighted by atomic mass is 10.2. The summed E-state index contributed by atoms with van der Waals surface area (Å²) in [5.74, 6) is 0. The molecule has 0 unspecified atom stereocenters. The van der Waals surface area contributed by atoms with E-state index in [0.29, 0.717) is 0 Å². The average Bonchev–Trinajstić information content (AvgIpc) is 2.19. The number of rotatable bonds is 10. The van der Waals surface area contributed by atoms with E-state index in [1.165, 1.54) is 51.4 Å². The van der Waals surface area contributed by atoms with E-state index in [2.05, 4.69) is 18.2 Å². The molecule has 0 aliphatic heterocycles. The van der Waals surface area contributed by atoms with Crippen molar-refractivity contribution in [2.24, 2.45) is 0 Å². The SMILES string of the molecule is CCCCCCN([S])CCCCCC. The van der Waals surface area contributed by atoms with E-state index in [9.17, 15) is 0 Å². The molecule has 0 heterocycles. The Labute approximate surface area is 95.8 Å². The van der Waals surface area contributed by atoms with Gasteiger partial charge in [0.25, 0.3) is 0 Å². The Morgan fingerprint density at radius 2 is 1.14 bits per heavy atom. The molecule has 0 aromatic heterocycles. The zero-order valence-electron chi connectivity index (χ0n) is 9.93. The van der Waals surface area contributed by atoms with Crippen LogP contribution >= 0.6 is 12.8 Å². The fourth-order valence-corrected chi connectivity index (χ4v) is 1.80. The van der Waals surface area contributed by atoms with Gasteiger partial charge in [-0.1, -0.05) is 52.4 Å². The second kappa shape index (κ2) is 11.4. The molecular weight excluding hydrogens is 190 g/mol. The first-order valence-electron chi connectivity index (χ1n) is 6.23. The van der Waals surface area contributed by atoms with Gasteiger partial charge in [-0.3, -0.25) is 0 Å². The van der Waals surface area contributed by atoms with Crippen molar-refractivity contribution in [1.29, 1.82) is 0 Å². The standard InChI is InChI=1S/C12H26NS/c1-3-5-7-9-11-13(14)12-10-8-6-4-2/h3-12H2,1-2H3. The molecule has 14 heavy (non-hydrogen) atoms. The van der Waals surface area contributed by atoms with Crippen molar-refractivity contribution in [3.63, 3.8) is 0 Å². The minimum atomic E-state index is 1.11. The topological polar surface area (TPSA) is 3.24 Å². The predicted molar refractivity (Wildman–Crippen MR) is 67.4 cm³/mol. The van der Waals surface area contributed by atoms with Gasteiger partial charge in [0.05, 0.1) is 0 Å². The monoisotopic (exact) mass is 216 g/mol. The van der Waals surface area contributed by atoms with Crippen molar-refractivity contribution in [2.75, 3.05) is 13.1 Å². The molecule has 0 aromatic rings. The highest BCUT2D eigenvalue weighted by Gasteiger charge is 1.99. The molecule has 0 amide bonds. The maximum absolute atomic E-state index is 5.27. The average molecular weight is 216 g/mol. The normalized spacial score (nSPS) is 11.1. The molecule has 1 radical (unpaired) electrons. The number of hydrogen-bond donors (Lipinski definition) is 0. The van der Waals surface area contributed by atoms with Crippen LogP contribution in [0.2, 0.25) is 0 Å². The molecule has 0 atom stereocenters. The summed E-state index contributed by atoms with van der Waals surface area (Å²) in [5.41, 5.74) is 0. The molecular formula is C12H26NS. The summed E-state index contributed by atoms with van der Waals surface area (Å²) in [6.45, 7) is 6.72. The molecule has 1 nitrogen and oxygen atoms in total. The van der Waals surface area contributed by atoms with Crippen LogP contribution in [0.5, 0.6) is 0 Å². The predicted octanol–water partition coefficient (Wildman–Crippen LogP) is 4.56. The van der Waals surface area contributed by atoms with Gasteiger partial charge in [0.1, 0.15) is 0 Å². The molecule has 85 valence electrons. The maximum Gasteiger partial charge on any atom is 0.00976 e. The Kier molecular flexibility index (Phi) is 11.6. The number of nitrogens with zero attached hydrogens (tertiary/aromatic N) is 1.